The molecule has 1 aromatic carbocycles. The molecule has 1 amide bonds. The Hall–Kier alpha value is -1.56. The van der Waals surface area contributed by atoms with Crippen LogP contribution in [0.4, 0.5) is 0 Å². The fraction of sp³-hybridized carbons (Fsp3) is 0.429. The van der Waals surface area contributed by atoms with Gasteiger partial charge < -0.3 is 15.2 Å². The maximum atomic E-state index is 11.7. The zero-order valence-electron chi connectivity index (χ0n) is 11.5. The number of carbonyl (C=O) groups is 2. The minimum Gasteiger partial charge on any atom is -0.496 e. The van der Waals surface area contributed by atoms with Gasteiger partial charge in [0.05, 0.1) is 11.6 Å². The number of amides is 1. The van der Waals surface area contributed by atoms with Crippen LogP contribution < -0.4 is 10.1 Å². The summed E-state index contributed by atoms with van der Waals surface area (Å²) in [5, 5.41) is 11.8. The van der Waals surface area contributed by atoms with Crippen LogP contribution in [0.5, 0.6) is 5.75 Å². The van der Waals surface area contributed by atoms with Crippen molar-refractivity contribution in [3.05, 3.63) is 28.2 Å². The predicted molar refractivity (Wildman–Crippen MR) is 78.7 cm³/mol. The van der Waals surface area contributed by atoms with E-state index in [-0.39, 0.29) is 5.91 Å². The summed E-state index contributed by atoms with van der Waals surface area (Å²) in [6.45, 7) is 1.97. The lowest BCUT2D eigenvalue weighted by Gasteiger charge is -2.16. The van der Waals surface area contributed by atoms with Crippen LogP contribution in [0, 0.1) is 0 Å². The molecule has 0 fully saturated rings. The van der Waals surface area contributed by atoms with Crippen LogP contribution in [0.25, 0.3) is 0 Å². The van der Waals surface area contributed by atoms with Gasteiger partial charge in [0.2, 0.25) is 5.91 Å². The normalized spacial score (nSPS) is 11.8. The van der Waals surface area contributed by atoms with Crippen molar-refractivity contribution in [2.45, 2.75) is 32.2 Å². The van der Waals surface area contributed by atoms with Gasteiger partial charge in [0.15, 0.2) is 6.04 Å². The third-order valence-electron chi connectivity index (χ3n) is 2.82. The number of hydrogen-bond donors (Lipinski definition) is 2. The van der Waals surface area contributed by atoms with Crippen LogP contribution in [0.15, 0.2) is 22.7 Å². The summed E-state index contributed by atoms with van der Waals surface area (Å²) < 4.78 is 5.74. The molecule has 1 unspecified atom stereocenters. The van der Waals surface area contributed by atoms with Crippen molar-refractivity contribution in [3.8, 4) is 5.75 Å². The monoisotopic (exact) mass is 343 g/mol. The Labute approximate surface area is 126 Å². The maximum absolute atomic E-state index is 11.7. The van der Waals surface area contributed by atoms with Crippen LogP contribution in [-0.4, -0.2) is 24.1 Å². The second-order valence-corrected chi connectivity index (χ2v) is 5.19. The molecule has 0 saturated carbocycles. The molecule has 0 bridgehead atoms. The Kier molecular flexibility index (Phi) is 6.51. The Bertz CT molecular complexity index is 490. The highest BCUT2D eigenvalue weighted by Crippen LogP contribution is 2.28. The van der Waals surface area contributed by atoms with Gasteiger partial charge in [0.1, 0.15) is 5.75 Å². The van der Waals surface area contributed by atoms with Gasteiger partial charge in [-0.1, -0.05) is 19.4 Å². The van der Waals surface area contributed by atoms with Gasteiger partial charge in [-0.2, -0.15) is 0 Å². The molecule has 0 aliphatic heterocycles. The van der Waals surface area contributed by atoms with Crippen molar-refractivity contribution in [1.82, 2.24) is 5.32 Å². The van der Waals surface area contributed by atoms with Crippen molar-refractivity contribution in [2.75, 3.05) is 7.11 Å². The molecular weight excluding hydrogens is 326 g/mol. The van der Waals surface area contributed by atoms with Gasteiger partial charge >= 0.3 is 5.97 Å². The molecule has 1 rings (SSSR count). The molecular formula is C14H18BrNO4. The van der Waals surface area contributed by atoms with Gasteiger partial charge in [0.25, 0.3) is 0 Å². The van der Waals surface area contributed by atoms with E-state index >= 15 is 0 Å². The molecule has 5 nitrogen and oxygen atoms in total. The number of nitrogens with one attached hydrogen (secondary N) is 1. The molecule has 1 atom stereocenters. The fourth-order valence-electron chi connectivity index (χ4n) is 1.72. The van der Waals surface area contributed by atoms with E-state index in [1.807, 2.05) is 6.92 Å². The van der Waals surface area contributed by atoms with E-state index in [0.717, 1.165) is 12.8 Å². The minimum absolute atomic E-state index is 0.258. The van der Waals surface area contributed by atoms with Crippen molar-refractivity contribution >= 4 is 27.8 Å². The zero-order valence-corrected chi connectivity index (χ0v) is 13.1. The average Bonchev–Trinajstić information content (AvgIpc) is 2.42. The fourth-order valence-corrected chi connectivity index (χ4v) is 2.28. The quantitative estimate of drug-likeness (QED) is 0.798. The lowest BCUT2D eigenvalue weighted by atomic mass is 10.1. The first kappa shape index (κ1) is 16.5. The Balaban J connectivity index is 2.88. The molecule has 0 aromatic heterocycles. The van der Waals surface area contributed by atoms with Crippen LogP contribution in [0.3, 0.4) is 0 Å². The number of aliphatic carboxylic acids is 1. The highest BCUT2D eigenvalue weighted by molar-refractivity contribution is 9.10. The second-order valence-electron chi connectivity index (χ2n) is 4.34. The topological polar surface area (TPSA) is 75.6 Å². The first-order valence-corrected chi connectivity index (χ1v) is 7.14. The van der Waals surface area contributed by atoms with E-state index in [9.17, 15) is 14.7 Å². The van der Waals surface area contributed by atoms with Crippen molar-refractivity contribution < 1.29 is 19.4 Å². The lowest BCUT2D eigenvalue weighted by molar-refractivity contribution is -0.142. The van der Waals surface area contributed by atoms with Crippen LogP contribution in [-0.2, 0) is 9.59 Å². The number of methoxy groups -OCH3 is 1. The van der Waals surface area contributed by atoms with Gasteiger partial charge in [-0.15, -0.1) is 0 Å². The molecule has 20 heavy (non-hydrogen) atoms. The predicted octanol–water partition coefficient (Wildman–Crippen LogP) is 2.89. The number of rotatable bonds is 7. The number of hydrogen-bond acceptors (Lipinski definition) is 3. The van der Waals surface area contributed by atoms with Gasteiger partial charge in [-0.3, -0.25) is 4.79 Å². The SMILES string of the molecule is CCCCC(=O)NC(C(=O)O)c1ccc(OC)c(Br)c1. The molecule has 1 aromatic rings. The standard InChI is InChI=1S/C14H18BrNO4/c1-3-4-5-12(17)16-13(14(18)19)9-6-7-11(20-2)10(15)8-9/h6-8,13H,3-5H2,1-2H3,(H,16,17)(H,18,19). The smallest absolute Gasteiger partial charge is 0.330 e. The van der Waals surface area contributed by atoms with Gasteiger partial charge in [-0.25, -0.2) is 4.79 Å². The number of carbonyl (C=O) groups excluding carboxylic acids is 1. The summed E-state index contributed by atoms with van der Waals surface area (Å²) in [6, 6.07) is 3.87. The number of carboxylic acid groups (broad SMARTS) is 1. The minimum atomic E-state index is -1.09. The third kappa shape index (κ3) is 4.52. The first-order valence-electron chi connectivity index (χ1n) is 6.35. The molecule has 0 spiro atoms. The second kappa shape index (κ2) is 7.89. The summed E-state index contributed by atoms with van der Waals surface area (Å²) in [5.41, 5.74) is 0.495. The number of unbranched alkanes of at least 4 members (excludes halogenated alkanes) is 1. The number of benzene rings is 1. The van der Waals surface area contributed by atoms with E-state index in [1.54, 1.807) is 18.2 Å². The average molecular weight is 344 g/mol. The van der Waals surface area contributed by atoms with E-state index in [0.29, 0.717) is 22.2 Å². The van der Waals surface area contributed by atoms with Crippen LogP contribution in [0.1, 0.15) is 37.8 Å². The largest absolute Gasteiger partial charge is 0.496 e. The number of carboxylic acids is 1. The summed E-state index contributed by atoms with van der Waals surface area (Å²) in [5.74, 6) is -0.742. The molecule has 0 aliphatic rings. The van der Waals surface area contributed by atoms with Crippen LogP contribution >= 0.6 is 15.9 Å². The van der Waals surface area contributed by atoms with Crippen LogP contribution in [0.2, 0.25) is 0 Å². The van der Waals surface area contributed by atoms with E-state index in [4.69, 9.17) is 4.74 Å². The number of halogens is 1. The highest BCUT2D eigenvalue weighted by atomic mass is 79.9. The van der Waals surface area contributed by atoms with Gasteiger partial charge in [0, 0.05) is 6.42 Å². The summed E-state index contributed by atoms with van der Waals surface area (Å²) in [4.78, 5) is 23.0. The van der Waals surface area contributed by atoms with E-state index < -0.39 is 12.0 Å². The van der Waals surface area contributed by atoms with E-state index in [1.165, 1.54) is 7.11 Å². The molecule has 0 aliphatic carbocycles. The number of ether oxygens (including phenoxy) is 1. The maximum Gasteiger partial charge on any atom is 0.330 e. The van der Waals surface area contributed by atoms with Crippen molar-refractivity contribution in [3.63, 3.8) is 0 Å². The lowest BCUT2D eigenvalue weighted by Crippen LogP contribution is -2.33. The molecule has 6 heteroatoms. The Morgan fingerprint density at radius 1 is 1.45 bits per heavy atom. The Morgan fingerprint density at radius 3 is 2.65 bits per heavy atom. The van der Waals surface area contributed by atoms with Crippen molar-refractivity contribution in [2.24, 2.45) is 0 Å². The van der Waals surface area contributed by atoms with Crippen molar-refractivity contribution in [1.29, 1.82) is 0 Å². The molecule has 0 heterocycles. The molecule has 2 N–H and O–H groups in total. The Morgan fingerprint density at radius 2 is 2.15 bits per heavy atom. The third-order valence-corrected chi connectivity index (χ3v) is 3.44. The molecule has 0 saturated heterocycles. The molecule has 0 radical (unpaired) electrons. The van der Waals surface area contributed by atoms with Gasteiger partial charge in [-0.05, 0) is 40.0 Å². The highest BCUT2D eigenvalue weighted by Gasteiger charge is 2.22. The molecule has 110 valence electrons. The summed E-state index contributed by atoms with van der Waals surface area (Å²) in [7, 11) is 1.53. The van der Waals surface area contributed by atoms with E-state index in [2.05, 4.69) is 21.2 Å². The summed E-state index contributed by atoms with van der Waals surface area (Å²) >= 11 is 3.30. The zero-order chi connectivity index (χ0) is 15.1. The first-order chi connectivity index (χ1) is 9.49. The summed E-state index contributed by atoms with van der Waals surface area (Å²) in [6.07, 6.45) is 1.96.